The van der Waals surface area contributed by atoms with Gasteiger partial charge in [0, 0.05) is 32.3 Å². The van der Waals surface area contributed by atoms with Crippen LogP contribution in [-0.2, 0) is 11.3 Å². The van der Waals surface area contributed by atoms with Crippen LogP contribution in [0.5, 0.6) is 0 Å². The van der Waals surface area contributed by atoms with Crippen LogP contribution in [0.25, 0.3) is 0 Å². The second-order valence-corrected chi connectivity index (χ2v) is 6.74. The highest BCUT2D eigenvalue weighted by Gasteiger charge is 2.21. The summed E-state index contributed by atoms with van der Waals surface area (Å²) in [5.74, 6) is 2.27. The fraction of sp³-hybridized carbons (Fsp3) is 0.684. The molecule has 0 bridgehead atoms. The Hall–Kier alpha value is -1.04. The average molecular weight is 405 g/mol. The number of carbonyl (C=O) groups excluding carboxylic acids is 1. The lowest BCUT2D eigenvalue weighted by Gasteiger charge is -2.27. The standard InChI is InChI=1S/C19H32N4O.2ClH/c1-4-23(5-2)18-7-6-16(13-21-18)14-22-19(24)12-15(3)17-8-10-20-11-9-17;;/h6-7,13,15,17,20H,4-5,8-12,14H2,1-3H3,(H,22,24);2*1H. The van der Waals surface area contributed by atoms with E-state index in [9.17, 15) is 4.79 Å². The third-order valence-electron chi connectivity index (χ3n) is 5.08. The number of anilines is 1. The topological polar surface area (TPSA) is 57.3 Å². The number of nitrogens with zero attached hydrogens (tertiary/aromatic N) is 2. The lowest BCUT2D eigenvalue weighted by Crippen LogP contribution is -2.33. The highest BCUT2D eigenvalue weighted by atomic mass is 35.5. The highest BCUT2D eigenvalue weighted by molar-refractivity contribution is 5.85. The van der Waals surface area contributed by atoms with Gasteiger partial charge < -0.3 is 15.5 Å². The molecular formula is C19H34Cl2N4O. The molecule has 1 amide bonds. The van der Waals surface area contributed by atoms with Crippen molar-refractivity contribution in [1.29, 1.82) is 0 Å². The van der Waals surface area contributed by atoms with Gasteiger partial charge in [0.1, 0.15) is 5.82 Å². The van der Waals surface area contributed by atoms with Crippen LogP contribution < -0.4 is 15.5 Å². The molecule has 2 rings (SSSR count). The Morgan fingerprint density at radius 3 is 2.46 bits per heavy atom. The van der Waals surface area contributed by atoms with E-state index in [1.54, 1.807) is 0 Å². The molecule has 0 saturated carbocycles. The maximum atomic E-state index is 12.2. The van der Waals surface area contributed by atoms with Crippen LogP contribution in [0.4, 0.5) is 5.82 Å². The lowest BCUT2D eigenvalue weighted by atomic mass is 9.84. The maximum absolute atomic E-state index is 12.2. The summed E-state index contributed by atoms with van der Waals surface area (Å²) >= 11 is 0. The second-order valence-electron chi connectivity index (χ2n) is 6.74. The van der Waals surface area contributed by atoms with E-state index in [4.69, 9.17) is 0 Å². The SMILES string of the molecule is CCN(CC)c1ccc(CNC(=O)CC(C)C2CCNCC2)cn1.Cl.Cl. The number of rotatable bonds is 8. The lowest BCUT2D eigenvalue weighted by molar-refractivity contribution is -0.122. The third kappa shape index (κ3) is 7.68. The van der Waals surface area contributed by atoms with E-state index in [1.807, 2.05) is 12.3 Å². The van der Waals surface area contributed by atoms with Gasteiger partial charge in [0.15, 0.2) is 0 Å². The Morgan fingerprint density at radius 1 is 1.27 bits per heavy atom. The Kier molecular flexibility index (Phi) is 12.7. The number of hydrogen-bond acceptors (Lipinski definition) is 4. The molecule has 2 heterocycles. The summed E-state index contributed by atoms with van der Waals surface area (Å²) < 4.78 is 0. The van der Waals surface area contributed by atoms with E-state index in [-0.39, 0.29) is 30.7 Å². The van der Waals surface area contributed by atoms with E-state index in [0.717, 1.165) is 37.6 Å². The molecule has 7 heteroatoms. The smallest absolute Gasteiger partial charge is 0.220 e. The molecule has 0 aromatic carbocycles. The van der Waals surface area contributed by atoms with Crippen molar-refractivity contribution < 1.29 is 4.79 Å². The largest absolute Gasteiger partial charge is 0.357 e. The molecule has 26 heavy (non-hydrogen) atoms. The summed E-state index contributed by atoms with van der Waals surface area (Å²) in [6.45, 7) is 11.1. The minimum Gasteiger partial charge on any atom is -0.357 e. The van der Waals surface area contributed by atoms with Crippen molar-refractivity contribution in [3.05, 3.63) is 23.9 Å². The summed E-state index contributed by atoms with van der Waals surface area (Å²) in [6.07, 6.45) is 4.86. The van der Waals surface area contributed by atoms with Crippen molar-refractivity contribution >= 4 is 36.5 Å². The summed E-state index contributed by atoms with van der Waals surface area (Å²) in [5.41, 5.74) is 1.05. The van der Waals surface area contributed by atoms with Crippen molar-refractivity contribution in [2.45, 2.75) is 46.6 Å². The summed E-state index contributed by atoms with van der Waals surface area (Å²) in [4.78, 5) is 18.9. The number of piperidine rings is 1. The van der Waals surface area contributed by atoms with Gasteiger partial charge >= 0.3 is 0 Å². The first-order chi connectivity index (χ1) is 11.6. The number of hydrogen-bond donors (Lipinski definition) is 2. The first kappa shape index (κ1) is 25.0. The quantitative estimate of drug-likeness (QED) is 0.696. The fourth-order valence-corrected chi connectivity index (χ4v) is 3.40. The zero-order valence-corrected chi connectivity index (χ0v) is 17.8. The number of pyridine rings is 1. The van der Waals surface area contributed by atoms with Crippen molar-refractivity contribution in [1.82, 2.24) is 15.6 Å². The number of aromatic nitrogens is 1. The normalized spacial score (nSPS) is 15.3. The molecule has 1 saturated heterocycles. The number of amides is 1. The number of halogens is 2. The molecule has 1 aliphatic rings. The van der Waals surface area contributed by atoms with Crippen LogP contribution >= 0.6 is 24.8 Å². The maximum Gasteiger partial charge on any atom is 0.220 e. The van der Waals surface area contributed by atoms with E-state index in [2.05, 4.69) is 47.4 Å². The molecule has 2 N–H and O–H groups in total. The van der Waals surface area contributed by atoms with Crippen molar-refractivity contribution in [2.75, 3.05) is 31.1 Å². The molecule has 1 aromatic heterocycles. The van der Waals surface area contributed by atoms with Crippen molar-refractivity contribution in [3.8, 4) is 0 Å². The molecule has 0 aliphatic carbocycles. The molecule has 1 aromatic rings. The summed E-state index contributed by atoms with van der Waals surface area (Å²) in [5, 5.41) is 6.42. The van der Waals surface area contributed by atoms with E-state index in [1.165, 1.54) is 12.8 Å². The van der Waals surface area contributed by atoms with Gasteiger partial charge in [-0.05, 0) is 63.2 Å². The van der Waals surface area contributed by atoms with Gasteiger partial charge in [-0.25, -0.2) is 4.98 Å². The van der Waals surface area contributed by atoms with Crippen LogP contribution in [0.1, 0.15) is 45.6 Å². The molecule has 1 atom stereocenters. The van der Waals surface area contributed by atoms with E-state index < -0.39 is 0 Å². The van der Waals surface area contributed by atoms with Gasteiger partial charge in [-0.3, -0.25) is 4.79 Å². The molecule has 5 nitrogen and oxygen atoms in total. The Morgan fingerprint density at radius 2 is 1.92 bits per heavy atom. The average Bonchev–Trinajstić information content (AvgIpc) is 2.63. The van der Waals surface area contributed by atoms with Gasteiger partial charge in [0.05, 0.1) is 0 Å². The monoisotopic (exact) mass is 404 g/mol. The highest BCUT2D eigenvalue weighted by Crippen LogP contribution is 2.24. The number of nitrogens with one attached hydrogen (secondary N) is 2. The number of carbonyl (C=O) groups is 1. The molecule has 1 unspecified atom stereocenters. The van der Waals surface area contributed by atoms with Gasteiger partial charge in [-0.1, -0.05) is 13.0 Å². The molecule has 150 valence electrons. The predicted molar refractivity (Wildman–Crippen MR) is 114 cm³/mol. The van der Waals surface area contributed by atoms with Gasteiger partial charge in [-0.15, -0.1) is 24.8 Å². The van der Waals surface area contributed by atoms with E-state index in [0.29, 0.717) is 24.8 Å². The minimum atomic E-state index is 0. The Bertz CT molecular complexity index is 503. The van der Waals surface area contributed by atoms with Crippen LogP contribution in [0.15, 0.2) is 18.3 Å². The molecule has 0 spiro atoms. The fourth-order valence-electron chi connectivity index (χ4n) is 3.40. The first-order valence-corrected chi connectivity index (χ1v) is 9.31. The molecule has 1 fully saturated rings. The van der Waals surface area contributed by atoms with Crippen LogP contribution in [0.2, 0.25) is 0 Å². The van der Waals surface area contributed by atoms with Gasteiger partial charge in [0.25, 0.3) is 0 Å². The Balaban J connectivity index is 0.00000312. The second kappa shape index (κ2) is 13.2. The summed E-state index contributed by atoms with van der Waals surface area (Å²) in [7, 11) is 0. The van der Waals surface area contributed by atoms with Gasteiger partial charge in [0.2, 0.25) is 5.91 Å². The van der Waals surface area contributed by atoms with Crippen LogP contribution in [0.3, 0.4) is 0 Å². The predicted octanol–water partition coefficient (Wildman–Crippen LogP) is 3.41. The minimum absolute atomic E-state index is 0. The third-order valence-corrected chi connectivity index (χ3v) is 5.08. The molecule has 0 radical (unpaired) electrons. The van der Waals surface area contributed by atoms with Gasteiger partial charge in [-0.2, -0.15) is 0 Å². The molecule has 1 aliphatic heterocycles. The first-order valence-electron chi connectivity index (χ1n) is 9.31. The summed E-state index contributed by atoms with van der Waals surface area (Å²) in [6, 6.07) is 4.09. The molecular weight excluding hydrogens is 371 g/mol. The zero-order valence-electron chi connectivity index (χ0n) is 16.2. The van der Waals surface area contributed by atoms with E-state index >= 15 is 0 Å². The Labute approximate surface area is 170 Å². The van der Waals surface area contributed by atoms with Crippen LogP contribution in [0, 0.1) is 11.8 Å². The zero-order chi connectivity index (χ0) is 17.4. The van der Waals surface area contributed by atoms with Crippen molar-refractivity contribution in [2.24, 2.45) is 11.8 Å². The van der Waals surface area contributed by atoms with Crippen molar-refractivity contribution in [3.63, 3.8) is 0 Å². The van der Waals surface area contributed by atoms with Crippen LogP contribution in [-0.4, -0.2) is 37.1 Å².